The Kier molecular flexibility index (Phi) is 5.60. The fourth-order valence-electron chi connectivity index (χ4n) is 2.38. The van der Waals surface area contributed by atoms with Gasteiger partial charge in [-0.25, -0.2) is 0 Å². The zero-order chi connectivity index (χ0) is 13.6. The van der Waals surface area contributed by atoms with E-state index in [1.807, 2.05) is 0 Å². The van der Waals surface area contributed by atoms with Crippen molar-refractivity contribution in [3.8, 4) is 0 Å². The molecule has 2 aliphatic rings. The molecule has 5 heteroatoms. The van der Waals surface area contributed by atoms with Crippen LogP contribution in [0, 0.1) is 11.3 Å². The van der Waals surface area contributed by atoms with Crippen molar-refractivity contribution in [2.75, 3.05) is 39.5 Å². The molecule has 1 heterocycles. The number of rotatable bonds is 8. The molecule has 110 valence electrons. The van der Waals surface area contributed by atoms with Gasteiger partial charge < -0.3 is 20.5 Å². The second-order valence-electron chi connectivity index (χ2n) is 5.72. The van der Waals surface area contributed by atoms with Crippen molar-refractivity contribution >= 4 is 5.91 Å². The summed E-state index contributed by atoms with van der Waals surface area (Å²) in [6, 6.07) is 0. The second-order valence-corrected chi connectivity index (χ2v) is 5.72. The van der Waals surface area contributed by atoms with Crippen LogP contribution in [-0.4, -0.2) is 45.4 Å². The smallest absolute Gasteiger partial charge is 0.227 e. The fourth-order valence-corrected chi connectivity index (χ4v) is 2.38. The van der Waals surface area contributed by atoms with Crippen molar-refractivity contribution in [3.05, 3.63) is 0 Å². The van der Waals surface area contributed by atoms with E-state index in [0.717, 1.165) is 38.4 Å². The van der Waals surface area contributed by atoms with Crippen LogP contribution in [0.1, 0.15) is 32.1 Å². The summed E-state index contributed by atoms with van der Waals surface area (Å²) < 4.78 is 10.8. The highest BCUT2D eigenvalue weighted by atomic mass is 16.5. The molecule has 1 amide bonds. The Balaban J connectivity index is 1.58. The molecule has 0 radical (unpaired) electrons. The van der Waals surface area contributed by atoms with Crippen LogP contribution < -0.4 is 11.1 Å². The Morgan fingerprint density at radius 1 is 1.37 bits per heavy atom. The zero-order valence-corrected chi connectivity index (χ0v) is 11.7. The average Bonchev–Trinajstić information content (AvgIpc) is 3.27. The van der Waals surface area contributed by atoms with E-state index in [9.17, 15) is 4.79 Å². The summed E-state index contributed by atoms with van der Waals surface area (Å²) in [5.41, 5.74) is 5.38. The quantitative estimate of drug-likeness (QED) is 0.636. The molecule has 0 atom stereocenters. The van der Waals surface area contributed by atoms with Crippen LogP contribution in [0.3, 0.4) is 0 Å². The van der Waals surface area contributed by atoms with E-state index in [2.05, 4.69) is 5.32 Å². The van der Waals surface area contributed by atoms with Crippen LogP contribution in [0.25, 0.3) is 0 Å². The lowest BCUT2D eigenvalue weighted by atomic mass is 9.79. The number of hydrogen-bond donors (Lipinski definition) is 2. The third-order valence-electron chi connectivity index (χ3n) is 4.12. The molecule has 19 heavy (non-hydrogen) atoms. The van der Waals surface area contributed by atoms with Crippen LogP contribution in [0.2, 0.25) is 0 Å². The lowest BCUT2D eigenvalue weighted by molar-refractivity contribution is -0.135. The minimum Gasteiger partial charge on any atom is -0.381 e. The normalized spacial score (nSPS) is 22.2. The van der Waals surface area contributed by atoms with Gasteiger partial charge in [-0.3, -0.25) is 4.79 Å². The second kappa shape index (κ2) is 7.22. The summed E-state index contributed by atoms with van der Waals surface area (Å²) >= 11 is 0. The van der Waals surface area contributed by atoms with Gasteiger partial charge in [-0.15, -0.1) is 0 Å². The maximum Gasteiger partial charge on any atom is 0.227 e. The molecule has 0 aromatic heterocycles. The summed E-state index contributed by atoms with van der Waals surface area (Å²) in [6.07, 6.45) is 4.96. The number of ether oxygens (including phenoxy) is 2. The molecule has 0 aromatic carbocycles. The van der Waals surface area contributed by atoms with Crippen LogP contribution in [0.5, 0.6) is 0 Å². The minimum atomic E-state index is -0.410. The molecule has 1 aliphatic carbocycles. The van der Waals surface area contributed by atoms with Gasteiger partial charge in [-0.05, 0) is 38.0 Å². The van der Waals surface area contributed by atoms with Crippen molar-refractivity contribution in [2.45, 2.75) is 32.1 Å². The van der Waals surface area contributed by atoms with Gasteiger partial charge in [0.25, 0.3) is 0 Å². The first-order valence-electron chi connectivity index (χ1n) is 7.41. The van der Waals surface area contributed by atoms with Gasteiger partial charge in [-0.2, -0.15) is 0 Å². The van der Waals surface area contributed by atoms with Gasteiger partial charge in [0.2, 0.25) is 5.91 Å². The van der Waals surface area contributed by atoms with Gasteiger partial charge in [-0.1, -0.05) is 0 Å². The summed E-state index contributed by atoms with van der Waals surface area (Å²) in [7, 11) is 0. The Morgan fingerprint density at radius 2 is 2.11 bits per heavy atom. The summed E-state index contributed by atoms with van der Waals surface area (Å²) in [4.78, 5) is 12.2. The largest absolute Gasteiger partial charge is 0.381 e. The maximum atomic E-state index is 12.2. The highest BCUT2D eigenvalue weighted by Gasteiger charge is 2.38. The number of carbonyl (C=O) groups excluding carboxylic acids is 1. The molecule has 0 unspecified atom stereocenters. The van der Waals surface area contributed by atoms with Crippen LogP contribution in [-0.2, 0) is 14.3 Å². The molecule has 0 spiro atoms. The Bertz CT molecular complexity index is 286. The molecule has 1 aliphatic heterocycles. The first-order valence-corrected chi connectivity index (χ1v) is 7.41. The van der Waals surface area contributed by atoms with E-state index in [1.54, 1.807) is 0 Å². The van der Waals surface area contributed by atoms with Crippen molar-refractivity contribution in [3.63, 3.8) is 0 Å². The SMILES string of the molecule is NCC1(C(=O)NCCCOCC2CC2)CCOCC1. The van der Waals surface area contributed by atoms with Crippen molar-refractivity contribution in [2.24, 2.45) is 17.1 Å². The van der Waals surface area contributed by atoms with Gasteiger partial charge in [0, 0.05) is 39.5 Å². The summed E-state index contributed by atoms with van der Waals surface area (Å²) in [5, 5.41) is 2.99. The molecule has 1 saturated heterocycles. The molecular weight excluding hydrogens is 244 g/mol. The van der Waals surface area contributed by atoms with Gasteiger partial charge in [0.1, 0.15) is 0 Å². The van der Waals surface area contributed by atoms with Crippen LogP contribution >= 0.6 is 0 Å². The first kappa shape index (κ1) is 14.8. The lowest BCUT2D eigenvalue weighted by Gasteiger charge is -2.34. The number of hydrogen-bond acceptors (Lipinski definition) is 4. The van der Waals surface area contributed by atoms with E-state index < -0.39 is 5.41 Å². The predicted molar refractivity (Wildman–Crippen MR) is 72.7 cm³/mol. The third kappa shape index (κ3) is 4.44. The number of amides is 1. The van der Waals surface area contributed by atoms with E-state index in [1.165, 1.54) is 12.8 Å². The predicted octanol–water partition coefficient (Wildman–Crippen LogP) is 0.675. The standard InChI is InChI=1S/C14H26N2O3/c15-11-14(4-8-18-9-5-14)13(17)16-6-1-7-19-10-12-2-3-12/h12H,1-11,15H2,(H,16,17). The number of nitrogens with two attached hydrogens (primary N) is 1. The van der Waals surface area contributed by atoms with Gasteiger partial charge >= 0.3 is 0 Å². The topological polar surface area (TPSA) is 73.6 Å². The molecule has 1 saturated carbocycles. The van der Waals surface area contributed by atoms with E-state index >= 15 is 0 Å². The molecule has 3 N–H and O–H groups in total. The van der Waals surface area contributed by atoms with E-state index in [0.29, 0.717) is 26.3 Å². The first-order chi connectivity index (χ1) is 9.27. The Hall–Kier alpha value is -0.650. The van der Waals surface area contributed by atoms with Crippen molar-refractivity contribution in [1.29, 1.82) is 0 Å². The van der Waals surface area contributed by atoms with E-state index in [4.69, 9.17) is 15.2 Å². The molecule has 0 aromatic rings. The highest BCUT2D eigenvalue weighted by Crippen LogP contribution is 2.29. The van der Waals surface area contributed by atoms with Crippen molar-refractivity contribution in [1.82, 2.24) is 5.32 Å². The zero-order valence-electron chi connectivity index (χ0n) is 11.7. The number of carbonyl (C=O) groups is 1. The number of nitrogens with one attached hydrogen (secondary N) is 1. The van der Waals surface area contributed by atoms with Crippen LogP contribution in [0.15, 0.2) is 0 Å². The molecule has 0 bridgehead atoms. The van der Waals surface area contributed by atoms with Gasteiger partial charge in [0.05, 0.1) is 5.41 Å². The minimum absolute atomic E-state index is 0.0838. The van der Waals surface area contributed by atoms with Crippen molar-refractivity contribution < 1.29 is 14.3 Å². The monoisotopic (exact) mass is 270 g/mol. The third-order valence-corrected chi connectivity index (χ3v) is 4.12. The Morgan fingerprint density at radius 3 is 2.74 bits per heavy atom. The average molecular weight is 270 g/mol. The molecule has 2 fully saturated rings. The van der Waals surface area contributed by atoms with Gasteiger partial charge in [0.15, 0.2) is 0 Å². The molecule has 5 nitrogen and oxygen atoms in total. The molecule has 2 rings (SSSR count). The van der Waals surface area contributed by atoms with E-state index in [-0.39, 0.29) is 5.91 Å². The molecular formula is C14H26N2O3. The summed E-state index contributed by atoms with van der Waals surface area (Å²) in [5.74, 6) is 0.887. The Labute approximate surface area is 115 Å². The maximum absolute atomic E-state index is 12.2. The summed E-state index contributed by atoms with van der Waals surface area (Å²) in [6.45, 7) is 3.96. The fraction of sp³-hybridized carbons (Fsp3) is 0.929. The lowest BCUT2D eigenvalue weighted by Crippen LogP contribution is -2.49. The highest BCUT2D eigenvalue weighted by molar-refractivity contribution is 5.83. The van der Waals surface area contributed by atoms with Crippen LogP contribution in [0.4, 0.5) is 0 Å².